The van der Waals surface area contributed by atoms with Gasteiger partial charge in [0.2, 0.25) is 0 Å². The molecular weight excluding hydrogens is 468 g/mol. The summed E-state index contributed by atoms with van der Waals surface area (Å²) >= 11 is 1.28. The monoisotopic (exact) mass is 494 g/mol. The minimum absolute atomic E-state index is 0.00814. The highest BCUT2D eigenvalue weighted by molar-refractivity contribution is 7.19. The molecule has 1 aliphatic rings. The van der Waals surface area contributed by atoms with Crippen LogP contribution in [-0.2, 0) is 24.9 Å². The molecule has 9 nitrogen and oxygen atoms in total. The van der Waals surface area contributed by atoms with E-state index in [9.17, 15) is 19.5 Å². The first kappa shape index (κ1) is 23.4. The lowest BCUT2D eigenvalue weighted by molar-refractivity contribution is -0.0778. The standard InChI is InChI=1S/C25H26N4O5S/c1-14(2)11-28-24-21(22(31)27(3)25(28)33)20(23(32)29-12-16(30)13-34-29)19(35-24)10-15-6-4-8-18-17(15)7-5-9-26-18/h4-9,14,16,30H,10-13H2,1-3H3/t16-/m0/s1. The lowest BCUT2D eigenvalue weighted by Gasteiger charge is -2.15. The number of carbonyl (C=O) groups is 1. The number of aliphatic hydroxyl groups is 1. The summed E-state index contributed by atoms with van der Waals surface area (Å²) in [5, 5.41) is 12.2. The van der Waals surface area contributed by atoms with Gasteiger partial charge in [-0.3, -0.25) is 28.5 Å². The van der Waals surface area contributed by atoms with Crippen LogP contribution in [0.15, 0.2) is 46.1 Å². The Bertz CT molecular complexity index is 1560. The Morgan fingerprint density at radius 3 is 2.77 bits per heavy atom. The van der Waals surface area contributed by atoms with Crippen molar-refractivity contribution in [1.82, 2.24) is 19.2 Å². The predicted molar refractivity (Wildman–Crippen MR) is 134 cm³/mol. The molecule has 182 valence electrons. The maximum atomic E-state index is 13.7. The van der Waals surface area contributed by atoms with E-state index in [0.29, 0.717) is 22.7 Å². The Kier molecular flexibility index (Phi) is 6.04. The zero-order valence-corrected chi connectivity index (χ0v) is 20.5. The molecule has 0 spiro atoms. The minimum atomic E-state index is -0.793. The fraction of sp³-hybridized carbons (Fsp3) is 0.360. The van der Waals surface area contributed by atoms with Crippen LogP contribution in [0.25, 0.3) is 21.1 Å². The topological polar surface area (TPSA) is 107 Å². The molecule has 35 heavy (non-hydrogen) atoms. The molecule has 1 aromatic carbocycles. The van der Waals surface area contributed by atoms with Gasteiger partial charge < -0.3 is 5.11 Å². The van der Waals surface area contributed by atoms with Crippen LogP contribution < -0.4 is 11.2 Å². The molecule has 1 N–H and O–H groups in total. The van der Waals surface area contributed by atoms with Gasteiger partial charge in [0.1, 0.15) is 17.5 Å². The second-order valence-corrected chi connectivity index (χ2v) is 10.3. The Hall–Kier alpha value is -3.34. The number of carbonyl (C=O) groups excluding carboxylic acids is 1. The number of rotatable bonds is 5. The summed E-state index contributed by atoms with van der Waals surface area (Å²) < 4.78 is 2.64. The molecule has 5 rings (SSSR count). The molecule has 0 saturated carbocycles. The average Bonchev–Trinajstić information content (AvgIpc) is 3.44. The first-order chi connectivity index (χ1) is 16.8. The van der Waals surface area contributed by atoms with Crippen molar-refractivity contribution in [3.8, 4) is 0 Å². The van der Waals surface area contributed by atoms with Crippen LogP contribution in [0.3, 0.4) is 0 Å². The quantitative estimate of drug-likeness (QED) is 0.456. The highest BCUT2D eigenvalue weighted by Crippen LogP contribution is 2.34. The first-order valence-corrected chi connectivity index (χ1v) is 12.3. The van der Waals surface area contributed by atoms with Crippen LogP contribution in [0.5, 0.6) is 0 Å². The number of aromatic nitrogens is 3. The second-order valence-electron chi connectivity index (χ2n) is 9.21. The number of hydrogen-bond acceptors (Lipinski definition) is 7. The van der Waals surface area contributed by atoms with Gasteiger partial charge in [-0.05, 0) is 23.6 Å². The number of hydroxylamine groups is 2. The number of hydrogen-bond donors (Lipinski definition) is 1. The van der Waals surface area contributed by atoms with Crippen LogP contribution in [0.4, 0.5) is 0 Å². The molecule has 1 amide bonds. The first-order valence-electron chi connectivity index (χ1n) is 11.5. The maximum absolute atomic E-state index is 13.7. The SMILES string of the molecule is CC(C)Cn1c(=O)n(C)c(=O)c2c(C(=O)N3C[C@H](O)CO3)c(Cc3cccc4ncccc34)sc21. The predicted octanol–water partition coefficient (Wildman–Crippen LogP) is 2.31. The molecular formula is C25H26N4O5S. The summed E-state index contributed by atoms with van der Waals surface area (Å²) in [7, 11) is 1.43. The van der Waals surface area contributed by atoms with Crippen LogP contribution >= 0.6 is 11.3 Å². The van der Waals surface area contributed by atoms with E-state index in [4.69, 9.17) is 4.84 Å². The van der Waals surface area contributed by atoms with Crippen molar-refractivity contribution in [3.63, 3.8) is 0 Å². The average molecular weight is 495 g/mol. The molecule has 1 fully saturated rings. The Morgan fingerprint density at radius 2 is 2.06 bits per heavy atom. The molecule has 1 aliphatic heterocycles. The Morgan fingerprint density at radius 1 is 1.26 bits per heavy atom. The van der Waals surface area contributed by atoms with E-state index in [-0.39, 0.29) is 30.0 Å². The molecule has 1 atom stereocenters. The van der Waals surface area contributed by atoms with E-state index >= 15 is 0 Å². The molecule has 10 heteroatoms. The Balaban J connectivity index is 1.77. The molecule has 0 unspecified atom stereocenters. The highest BCUT2D eigenvalue weighted by Gasteiger charge is 2.33. The summed E-state index contributed by atoms with van der Waals surface area (Å²) in [4.78, 5) is 51.0. The maximum Gasteiger partial charge on any atom is 0.331 e. The number of amides is 1. The summed E-state index contributed by atoms with van der Waals surface area (Å²) in [5.74, 6) is -0.340. The largest absolute Gasteiger partial charge is 0.389 e. The molecule has 3 aromatic heterocycles. The normalized spacial score (nSPS) is 16.1. The van der Waals surface area contributed by atoms with Crippen molar-refractivity contribution in [2.45, 2.75) is 32.9 Å². The molecule has 0 bridgehead atoms. The van der Waals surface area contributed by atoms with Crippen molar-refractivity contribution >= 4 is 38.4 Å². The number of benzene rings is 1. The third-order valence-corrected chi connectivity index (χ3v) is 7.33. The number of aliphatic hydroxyl groups excluding tert-OH is 1. The minimum Gasteiger partial charge on any atom is -0.389 e. The summed E-state index contributed by atoms with van der Waals surface area (Å²) in [5.41, 5.74) is 1.07. The second kappa shape index (κ2) is 9.03. The van der Waals surface area contributed by atoms with Gasteiger partial charge in [-0.1, -0.05) is 32.0 Å². The van der Waals surface area contributed by atoms with Crippen molar-refractivity contribution in [2.75, 3.05) is 13.2 Å². The summed E-state index contributed by atoms with van der Waals surface area (Å²) in [6.07, 6.45) is 1.31. The van der Waals surface area contributed by atoms with Gasteiger partial charge in [-0.25, -0.2) is 9.86 Å². The van der Waals surface area contributed by atoms with E-state index in [0.717, 1.165) is 26.1 Å². The third-order valence-electron chi connectivity index (χ3n) is 6.12. The lowest BCUT2D eigenvalue weighted by atomic mass is 10.0. The molecule has 0 aliphatic carbocycles. The molecule has 1 saturated heterocycles. The summed E-state index contributed by atoms with van der Waals surface area (Å²) in [6.45, 7) is 4.42. The van der Waals surface area contributed by atoms with Crippen molar-refractivity contribution in [2.24, 2.45) is 13.0 Å². The fourth-order valence-electron chi connectivity index (χ4n) is 4.49. The van der Waals surface area contributed by atoms with Crippen LogP contribution in [-0.4, -0.2) is 49.5 Å². The van der Waals surface area contributed by atoms with Gasteiger partial charge in [-0.15, -0.1) is 11.3 Å². The highest BCUT2D eigenvalue weighted by atomic mass is 32.1. The van der Waals surface area contributed by atoms with Gasteiger partial charge in [0, 0.05) is 36.5 Å². The smallest absolute Gasteiger partial charge is 0.331 e. The van der Waals surface area contributed by atoms with Crippen LogP contribution in [0.1, 0.15) is 34.6 Å². The number of β-amino-alcohol motifs (C(OH)–C–C–N with tert-alkyl or cyclic N) is 1. The fourth-order valence-corrected chi connectivity index (χ4v) is 5.79. The zero-order valence-electron chi connectivity index (χ0n) is 19.7. The van der Waals surface area contributed by atoms with E-state index in [1.807, 2.05) is 44.2 Å². The third kappa shape index (κ3) is 4.07. The van der Waals surface area contributed by atoms with Crippen LogP contribution in [0.2, 0.25) is 0 Å². The van der Waals surface area contributed by atoms with E-state index < -0.39 is 23.3 Å². The molecule has 0 radical (unpaired) electrons. The van der Waals surface area contributed by atoms with Crippen molar-refractivity contribution in [1.29, 1.82) is 0 Å². The van der Waals surface area contributed by atoms with Crippen molar-refractivity contribution < 1.29 is 14.7 Å². The number of thiophene rings is 1. The Labute approximate surface area is 204 Å². The van der Waals surface area contributed by atoms with Crippen molar-refractivity contribution in [3.05, 3.63) is 73.4 Å². The van der Waals surface area contributed by atoms with Gasteiger partial charge in [0.05, 0.1) is 23.0 Å². The lowest BCUT2D eigenvalue weighted by Crippen LogP contribution is -2.39. The van der Waals surface area contributed by atoms with E-state index in [1.54, 1.807) is 10.8 Å². The van der Waals surface area contributed by atoms with Gasteiger partial charge in [-0.2, -0.15) is 0 Å². The van der Waals surface area contributed by atoms with Crippen LogP contribution in [0, 0.1) is 5.92 Å². The summed E-state index contributed by atoms with van der Waals surface area (Å²) in [6, 6.07) is 9.63. The van der Waals surface area contributed by atoms with Gasteiger partial charge >= 0.3 is 5.69 Å². The number of pyridine rings is 1. The number of nitrogens with zero attached hydrogens (tertiary/aromatic N) is 4. The number of fused-ring (bicyclic) bond motifs is 2. The van der Waals surface area contributed by atoms with E-state index in [2.05, 4.69) is 4.98 Å². The zero-order chi connectivity index (χ0) is 24.9. The van der Waals surface area contributed by atoms with Gasteiger partial charge in [0.25, 0.3) is 11.5 Å². The van der Waals surface area contributed by atoms with E-state index in [1.165, 1.54) is 18.4 Å². The van der Waals surface area contributed by atoms with Gasteiger partial charge in [0.15, 0.2) is 0 Å². The molecule has 4 heterocycles. The molecule has 4 aromatic rings.